The molecule has 2 aliphatic heterocycles. The van der Waals surface area contributed by atoms with Crippen molar-refractivity contribution in [2.75, 3.05) is 37.0 Å². The molecule has 2 aromatic heterocycles. The van der Waals surface area contributed by atoms with Gasteiger partial charge in [0.05, 0.1) is 18.5 Å². The summed E-state index contributed by atoms with van der Waals surface area (Å²) < 4.78 is 8.08. The number of hydrogen-bond donors (Lipinski definition) is 3. The summed E-state index contributed by atoms with van der Waals surface area (Å²) in [4.78, 5) is 23.5. The molecule has 1 atom stereocenters. The van der Waals surface area contributed by atoms with E-state index in [2.05, 4.69) is 50.6 Å². The first-order valence-corrected chi connectivity index (χ1v) is 13.6. The molecule has 3 N–H and O–H groups in total. The first-order chi connectivity index (χ1) is 19.1. The molecule has 1 aliphatic carbocycles. The summed E-state index contributed by atoms with van der Waals surface area (Å²) in [7, 11) is 1.62. The molecule has 9 heteroatoms. The van der Waals surface area contributed by atoms with Crippen LogP contribution in [0.1, 0.15) is 31.7 Å². The van der Waals surface area contributed by atoms with Crippen molar-refractivity contribution in [3.8, 4) is 17.0 Å². The molecule has 9 nitrogen and oxygen atoms in total. The van der Waals surface area contributed by atoms with Gasteiger partial charge in [-0.05, 0) is 63.0 Å². The fourth-order valence-electron chi connectivity index (χ4n) is 6.44. The molecule has 2 aromatic carbocycles. The molecule has 1 unspecified atom stereocenters. The number of hydrogen-bond acceptors (Lipinski definition) is 7. The monoisotopic (exact) mass is 524 g/mol. The van der Waals surface area contributed by atoms with Gasteiger partial charge in [0.1, 0.15) is 11.8 Å². The van der Waals surface area contributed by atoms with Gasteiger partial charge in [0.15, 0.2) is 0 Å². The molecule has 3 aliphatic rings. The highest BCUT2D eigenvalue weighted by Crippen LogP contribution is 2.48. The van der Waals surface area contributed by atoms with Crippen LogP contribution in [0.5, 0.6) is 5.75 Å². The quantitative estimate of drug-likeness (QED) is 0.316. The number of carbonyl (C=O) groups is 1. The van der Waals surface area contributed by atoms with Crippen molar-refractivity contribution in [2.45, 2.75) is 37.8 Å². The number of aromatic nitrogens is 3. The maximum atomic E-state index is 12.3. The molecule has 4 heterocycles. The predicted octanol–water partition coefficient (Wildman–Crippen LogP) is 4.83. The summed E-state index contributed by atoms with van der Waals surface area (Å²) in [6, 6.07) is 16.2. The number of nitrogens with one attached hydrogen (secondary N) is 2. The summed E-state index contributed by atoms with van der Waals surface area (Å²) in [5, 5.41) is 17.9. The maximum Gasteiger partial charge on any atom is 0.326 e. The van der Waals surface area contributed by atoms with Crippen molar-refractivity contribution in [1.82, 2.24) is 19.9 Å². The summed E-state index contributed by atoms with van der Waals surface area (Å²) >= 11 is 0. The highest BCUT2D eigenvalue weighted by atomic mass is 16.5. The molecular formula is C30H32N6O3. The second-order valence-corrected chi connectivity index (χ2v) is 11.0. The topological polar surface area (TPSA) is 105 Å². The Kier molecular flexibility index (Phi) is 5.70. The Balaban J connectivity index is 1.16. The van der Waals surface area contributed by atoms with E-state index in [9.17, 15) is 9.90 Å². The zero-order valence-electron chi connectivity index (χ0n) is 21.9. The number of para-hydroxylation sites is 1. The third-order valence-corrected chi connectivity index (χ3v) is 8.59. The lowest BCUT2D eigenvalue weighted by Crippen LogP contribution is -2.70. The molecule has 0 radical (unpaired) electrons. The minimum Gasteiger partial charge on any atom is -0.494 e. The Morgan fingerprint density at radius 1 is 1.15 bits per heavy atom. The Morgan fingerprint density at radius 3 is 2.74 bits per heavy atom. The lowest BCUT2D eigenvalue weighted by Gasteiger charge is -2.58. The summed E-state index contributed by atoms with van der Waals surface area (Å²) in [6.45, 7) is 2.47. The van der Waals surface area contributed by atoms with Crippen LogP contribution in [0.15, 0.2) is 60.9 Å². The first-order valence-electron chi connectivity index (χ1n) is 13.6. The highest BCUT2D eigenvalue weighted by Gasteiger charge is 2.56. The molecule has 2 saturated heterocycles. The third kappa shape index (κ3) is 4.08. The van der Waals surface area contributed by atoms with Gasteiger partial charge in [0, 0.05) is 58.6 Å². The van der Waals surface area contributed by atoms with Crippen molar-refractivity contribution in [2.24, 2.45) is 5.41 Å². The number of fused-ring (bicyclic) bond motifs is 1. The number of methoxy groups -OCH3 is 1. The van der Waals surface area contributed by atoms with Crippen LogP contribution >= 0.6 is 0 Å². The van der Waals surface area contributed by atoms with Crippen molar-refractivity contribution in [3.05, 3.63) is 60.9 Å². The van der Waals surface area contributed by atoms with E-state index < -0.39 is 12.0 Å². The number of aliphatic carboxylic acids is 1. The van der Waals surface area contributed by atoms with E-state index in [0.717, 1.165) is 55.1 Å². The van der Waals surface area contributed by atoms with E-state index in [1.807, 2.05) is 29.2 Å². The van der Waals surface area contributed by atoms with Gasteiger partial charge in [-0.25, -0.2) is 14.8 Å². The van der Waals surface area contributed by atoms with Gasteiger partial charge in [0.2, 0.25) is 5.95 Å². The normalized spacial score (nSPS) is 20.1. The Morgan fingerprint density at radius 2 is 1.97 bits per heavy atom. The van der Waals surface area contributed by atoms with Gasteiger partial charge >= 0.3 is 5.97 Å². The van der Waals surface area contributed by atoms with Crippen LogP contribution in [0.3, 0.4) is 0 Å². The number of carboxylic acid groups (broad SMARTS) is 1. The Hall–Kier alpha value is -4.11. The molecule has 7 rings (SSSR count). The van der Waals surface area contributed by atoms with Crippen LogP contribution < -0.4 is 20.3 Å². The zero-order valence-corrected chi connectivity index (χ0v) is 21.9. The number of nitrogens with zero attached hydrogens (tertiary/aromatic N) is 4. The molecule has 200 valence electrons. The van der Waals surface area contributed by atoms with E-state index in [-0.39, 0.29) is 5.41 Å². The second-order valence-electron chi connectivity index (χ2n) is 11.0. The van der Waals surface area contributed by atoms with Crippen molar-refractivity contribution >= 4 is 34.2 Å². The average molecular weight is 525 g/mol. The molecule has 39 heavy (non-hydrogen) atoms. The average Bonchev–Trinajstić information content (AvgIpc) is 3.72. The largest absolute Gasteiger partial charge is 0.494 e. The van der Waals surface area contributed by atoms with Crippen molar-refractivity contribution in [1.29, 1.82) is 0 Å². The second kappa shape index (κ2) is 9.27. The van der Waals surface area contributed by atoms with E-state index in [1.54, 1.807) is 13.3 Å². The standard InChI is InChI=1S/C30H32N6O3/c1-39-26-16-20(36-18-30(27(36)28(37)38)11-14-31-15-12-30)8-9-24(26)34-29-32-13-10-23(33-29)22-17-35(19-6-7-19)25-5-3-2-4-21(22)25/h2-5,8-10,13,16-17,19,27,31H,6-7,11-12,14-15,18H2,1H3,(H,37,38)(H,32,33,34). The van der Waals surface area contributed by atoms with Crippen LogP contribution in [-0.4, -0.2) is 58.4 Å². The minimum atomic E-state index is -0.766. The summed E-state index contributed by atoms with van der Waals surface area (Å²) in [6.07, 6.45) is 8.17. The fraction of sp³-hybridized carbons (Fsp3) is 0.367. The Bertz CT molecular complexity index is 1560. The van der Waals surface area contributed by atoms with Gasteiger partial charge in [-0.1, -0.05) is 18.2 Å². The van der Waals surface area contributed by atoms with Crippen LogP contribution in [0.25, 0.3) is 22.2 Å². The lowest BCUT2D eigenvalue weighted by molar-refractivity contribution is -0.146. The van der Waals surface area contributed by atoms with E-state index >= 15 is 0 Å². The molecule has 3 fully saturated rings. The van der Waals surface area contributed by atoms with Crippen LogP contribution in [-0.2, 0) is 4.79 Å². The number of benzene rings is 2. The van der Waals surface area contributed by atoms with Gasteiger partial charge in [-0.3, -0.25) is 0 Å². The number of carboxylic acids is 1. The van der Waals surface area contributed by atoms with Crippen molar-refractivity contribution in [3.63, 3.8) is 0 Å². The minimum absolute atomic E-state index is 0.169. The molecule has 0 amide bonds. The van der Waals surface area contributed by atoms with Crippen LogP contribution in [0.4, 0.5) is 17.3 Å². The molecule has 1 saturated carbocycles. The van der Waals surface area contributed by atoms with Gasteiger partial charge in [-0.15, -0.1) is 0 Å². The lowest BCUT2D eigenvalue weighted by atomic mass is 9.65. The number of ether oxygens (including phenoxy) is 1. The fourth-order valence-corrected chi connectivity index (χ4v) is 6.44. The predicted molar refractivity (Wildman–Crippen MR) is 151 cm³/mol. The molecule has 4 aromatic rings. The number of anilines is 3. The third-order valence-electron chi connectivity index (χ3n) is 8.59. The molecular weight excluding hydrogens is 492 g/mol. The SMILES string of the molecule is COc1cc(N2CC3(CCNCC3)C2C(=O)O)ccc1Nc1nccc(-c2cn(C3CC3)c3ccccc23)n1. The smallest absolute Gasteiger partial charge is 0.326 e. The van der Waals surface area contributed by atoms with E-state index in [0.29, 0.717) is 17.7 Å². The Labute approximate surface area is 226 Å². The van der Waals surface area contributed by atoms with Crippen molar-refractivity contribution < 1.29 is 14.6 Å². The summed E-state index contributed by atoms with van der Waals surface area (Å²) in [5.41, 5.74) is 4.58. The molecule has 1 spiro atoms. The van der Waals surface area contributed by atoms with E-state index in [1.165, 1.54) is 23.7 Å². The van der Waals surface area contributed by atoms with Gasteiger partial charge in [0.25, 0.3) is 0 Å². The van der Waals surface area contributed by atoms with Gasteiger partial charge in [-0.2, -0.15) is 0 Å². The van der Waals surface area contributed by atoms with E-state index in [4.69, 9.17) is 9.72 Å². The number of piperidine rings is 1. The van der Waals surface area contributed by atoms with Crippen LogP contribution in [0.2, 0.25) is 0 Å². The maximum absolute atomic E-state index is 12.3. The van der Waals surface area contributed by atoms with Gasteiger partial charge < -0.3 is 29.9 Å². The van der Waals surface area contributed by atoms with Crippen LogP contribution in [0, 0.1) is 5.41 Å². The number of rotatable bonds is 7. The first kappa shape index (κ1) is 24.0. The summed E-state index contributed by atoms with van der Waals surface area (Å²) in [5.74, 6) is 0.322. The highest BCUT2D eigenvalue weighted by molar-refractivity contribution is 5.95. The zero-order chi connectivity index (χ0) is 26.6. The molecule has 0 bridgehead atoms.